The molecule has 0 amide bonds. The minimum absolute atomic E-state index is 0. The van der Waals surface area contributed by atoms with Gasteiger partial charge in [0, 0.05) is 7.05 Å². The van der Waals surface area contributed by atoms with Crippen molar-refractivity contribution in [1.82, 2.24) is 19.7 Å². The van der Waals surface area contributed by atoms with Gasteiger partial charge in [0.2, 0.25) is 0 Å². The molecule has 0 radical (unpaired) electrons. The van der Waals surface area contributed by atoms with Crippen molar-refractivity contribution in [2.75, 3.05) is 0 Å². The van der Waals surface area contributed by atoms with E-state index in [9.17, 15) is 4.79 Å². The Labute approximate surface area is 92.9 Å². The van der Waals surface area contributed by atoms with Crippen LogP contribution in [0.1, 0.15) is 19.0 Å². The molecule has 1 N–H and O–H groups in total. The Morgan fingerprint density at radius 1 is 1.53 bits per heavy atom. The summed E-state index contributed by atoms with van der Waals surface area (Å²) < 4.78 is 1.59. The first-order chi connectivity index (χ1) is 6.74. The summed E-state index contributed by atoms with van der Waals surface area (Å²) >= 11 is 0. The summed E-state index contributed by atoms with van der Waals surface area (Å²) in [6, 6.07) is 0. The van der Waals surface area contributed by atoms with Crippen molar-refractivity contribution in [3.63, 3.8) is 0 Å². The molecule has 0 saturated carbocycles. The average Bonchev–Trinajstić information content (AvgIpc) is 2.46. The maximum Gasteiger partial charge on any atom is 0.276 e. The lowest BCUT2D eigenvalue weighted by Gasteiger charge is -1.90. The highest BCUT2D eigenvalue weighted by Gasteiger charge is 2.11. The van der Waals surface area contributed by atoms with Crippen molar-refractivity contribution >= 4 is 23.4 Å². The highest BCUT2D eigenvalue weighted by atomic mass is 35.5. The molecule has 0 atom stereocenters. The average molecular weight is 229 g/mol. The third-order valence-corrected chi connectivity index (χ3v) is 2.18. The highest BCUT2D eigenvalue weighted by Crippen LogP contribution is 2.11. The van der Waals surface area contributed by atoms with Crippen LogP contribution in [0.4, 0.5) is 0 Å². The molecule has 0 fully saturated rings. The van der Waals surface area contributed by atoms with Crippen LogP contribution in [0.2, 0.25) is 0 Å². The van der Waals surface area contributed by atoms with Gasteiger partial charge in [-0.05, 0) is 6.42 Å². The molecule has 0 aliphatic rings. The third-order valence-electron chi connectivity index (χ3n) is 2.18. The second kappa shape index (κ2) is 4.44. The minimum atomic E-state index is -0.132. The molecule has 2 aromatic heterocycles. The van der Waals surface area contributed by atoms with Crippen LogP contribution in [0.3, 0.4) is 0 Å². The summed E-state index contributed by atoms with van der Waals surface area (Å²) in [6.07, 6.45) is 3.28. The van der Waals surface area contributed by atoms with Gasteiger partial charge in [-0.25, -0.2) is 4.98 Å². The summed E-state index contributed by atoms with van der Waals surface area (Å²) in [6.45, 7) is 2.08. The normalized spacial score (nSPS) is 10.3. The van der Waals surface area contributed by atoms with Crippen LogP contribution < -0.4 is 5.56 Å². The lowest BCUT2D eigenvalue weighted by atomic mass is 10.2. The van der Waals surface area contributed by atoms with Crippen molar-refractivity contribution in [3.8, 4) is 0 Å². The van der Waals surface area contributed by atoms with E-state index < -0.39 is 0 Å². The number of halogens is 1. The molecule has 2 heterocycles. The molecule has 0 spiro atoms. The van der Waals surface area contributed by atoms with E-state index in [-0.39, 0.29) is 18.0 Å². The number of hydrogen-bond donors (Lipinski definition) is 1. The maximum absolute atomic E-state index is 11.5. The van der Waals surface area contributed by atoms with Crippen LogP contribution in [-0.4, -0.2) is 19.7 Å². The summed E-state index contributed by atoms with van der Waals surface area (Å²) in [5.41, 5.74) is 2.04. The quantitative estimate of drug-likeness (QED) is 0.835. The fourth-order valence-corrected chi connectivity index (χ4v) is 1.59. The molecule has 2 rings (SSSR count). The van der Waals surface area contributed by atoms with Gasteiger partial charge in [0.05, 0.1) is 12.0 Å². The van der Waals surface area contributed by atoms with Crippen molar-refractivity contribution in [2.24, 2.45) is 7.05 Å². The Morgan fingerprint density at radius 2 is 2.27 bits per heavy atom. The largest absolute Gasteiger partial charge is 0.311 e. The first-order valence-electron chi connectivity index (χ1n) is 4.63. The van der Waals surface area contributed by atoms with Gasteiger partial charge in [-0.3, -0.25) is 9.48 Å². The van der Waals surface area contributed by atoms with Crippen molar-refractivity contribution in [1.29, 1.82) is 0 Å². The molecule has 5 nitrogen and oxygen atoms in total. The monoisotopic (exact) mass is 228 g/mol. The number of nitrogens with one attached hydrogen (secondary N) is 1. The summed E-state index contributed by atoms with van der Waals surface area (Å²) in [5.74, 6) is 0. The number of H-pyrrole nitrogens is 1. The first kappa shape index (κ1) is 11.7. The zero-order valence-electron chi connectivity index (χ0n) is 8.65. The molecule has 0 aliphatic carbocycles. The molecule has 82 valence electrons. The number of fused-ring (bicyclic) bond motifs is 1. The van der Waals surface area contributed by atoms with Gasteiger partial charge in [-0.2, -0.15) is 5.10 Å². The highest BCUT2D eigenvalue weighted by molar-refractivity contribution is 5.85. The van der Waals surface area contributed by atoms with Gasteiger partial charge in [0.15, 0.2) is 5.52 Å². The molecular weight excluding hydrogens is 216 g/mol. The predicted molar refractivity (Wildman–Crippen MR) is 60.4 cm³/mol. The fourth-order valence-electron chi connectivity index (χ4n) is 1.59. The molecule has 15 heavy (non-hydrogen) atoms. The van der Waals surface area contributed by atoms with E-state index >= 15 is 0 Å². The SMILES string of the molecule is CCCc1nn(C)c2c(=O)[nH]cnc12.Cl. The van der Waals surface area contributed by atoms with Gasteiger partial charge in [-0.1, -0.05) is 13.3 Å². The number of nitrogens with zero attached hydrogens (tertiary/aromatic N) is 3. The Hall–Kier alpha value is -1.36. The molecule has 0 aliphatic heterocycles. The second-order valence-electron chi connectivity index (χ2n) is 3.25. The lowest BCUT2D eigenvalue weighted by molar-refractivity contribution is 0.751. The molecular formula is C9H13ClN4O. The van der Waals surface area contributed by atoms with Crippen molar-refractivity contribution < 1.29 is 0 Å². The summed E-state index contributed by atoms with van der Waals surface area (Å²) in [7, 11) is 1.76. The second-order valence-corrected chi connectivity index (χ2v) is 3.25. The summed E-state index contributed by atoms with van der Waals surface area (Å²) in [4.78, 5) is 18.1. The Kier molecular flexibility index (Phi) is 3.47. The number of aryl methyl sites for hydroxylation is 2. The van der Waals surface area contributed by atoms with E-state index in [4.69, 9.17) is 0 Å². The fraction of sp³-hybridized carbons (Fsp3) is 0.444. The summed E-state index contributed by atoms with van der Waals surface area (Å²) in [5, 5.41) is 4.27. The number of aromatic nitrogens is 4. The van der Waals surface area contributed by atoms with Gasteiger partial charge < -0.3 is 4.98 Å². The van der Waals surface area contributed by atoms with E-state index in [0.717, 1.165) is 24.1 Å². The number of aromatic amines is 1. The maximum atomic E-state index is 11.5. The van der Waals surface area contributed by atoms with Crippen LogP contribution in [-0.2, 0) is 13.5 Å². The van der Waals surface area contributed by atoms with E-state index in [1.807, 2.05) is 0 Å². The van der Waals surface area contributed by atoms with Crippen LogP contribution in [0.15, 0.2) is 11.1 Å². The van der Waals surface area contributed by atoms with Crippen LogP contribution >= 0.6 is 12.4 Å². The van der Waals surface area contributed by atoms with Crippen molar-refractivity contribution in [2.45, 2.75) is 19.8 Å². The molecule has 2 aromatic rings. The van der Waals surface area contributed by atoms with Gasteiger partial charge >= 0.3 is 0 Å². The number of rotatable bonds is 2. The Bertz CT molecular complexity index is 516. The minimum Gasteiger partial charge on any atom is -0.311 e. The molecule has 0 saturated heterocycles. The molecule has 0 aromatic carbocycles. The zero-order valence-corrected chi connectivity index (χ0v) is 9.47. The number of hydrogen-bond acceptors (Lipinski definition) is 3. The van der Waals surface area contributed by atoms with Gasteiger partial charge in [-0.15, -0.1) is 12.4 Å². The lowest BCUT2D eigenvalue weighted by Crippen LogP contribution is -2.09. The van der Waals surface area contributed by atoms with E-state index in [1.165, 1.54) is 6.33 Å². The van der Waals surface area contributed by atoms with Gasteiger partial charge in [0.1, 0.15) is 5.52 Å². The van der Waals surface area contributed by atoms with E-state index in [2.05, 4.69) is 22.0 Å². The van der Waals surface area contributed by atoms with Crippen molar-refractivity contribution in [3.05, 3.63) is 22.4 Å². The molecule has 0 unspecified atom stereocenters. The topological polar surface area (TPSA) is 63.6 Å². The zero-order chi connectivity index (χ0) is 10.1. The first-order valence-corrected chi connectivity index (χ1v) is 4.63. The third kappa shape index (κ3) is 1.87. The Balaban J connectivity index is 0.00000112. The molecule has 6 heteroatoms. The Morgan fingerprint density at radius 3 is 2.93 bits per heavy atom. The predicted octanol–water partition coefficient (Wildman–Crippen LogP) is 1.03. The van der Waals surface area contributed by atoms with Crippen LogP contribution in [0.5, 0.6) is 0 Å². The van der Waals surface area contributed by atoms with E-state index in [0.29, 0.717) is 5.52 Å². The standard InChI is InChI=1S/C9H12N4O.ClH/c1-3-4-6-7-8(13(2)12-6)9(14)11-5-10-7;/h5H,3-4H2,1-2H3,(H,10,11,14);1H. The molecule has 0 bridgehead atoms. The van der Waals surface area contributed by atoms with Crippen LogP contribution in [0.25, 0.3) is 11.0 Å². The van der Waals surface area contributed by atoms with Crippen LogP contribution in [0, 0.1) is 0 Å². The van der Waals surface area contributed by atoms with Gasteiger partial charge in [0.25, 0.3) is 5.56 Å². The van der Waals surface area contributed by atoms with E-state index in [1.54, 1.807) is 11.7 Å². The smallest absolute Gasteiger partial charge is 0.276 e.